The molecule has 0 fully saturated rings. The molecule has 1 amide bonds. The number of carbonyl (C=O) groups is 1. The van der Waals surface area contributed by atoms with E-state index in [1.165, 1.54) is 6.92 Å². The van der Waals surface area contributed by atoms with Gasteiger partial charge in [-0.3, -0.25) is 4.79 Å². The lowest BCUT2D eigenvalue weighted by atomic mass is 10.1. The summed E-state index contributed by atoms with van der Waals surface area (Å²) in [6.45, 7) is 6.03. The molecule has 0 radical (unpaired) electrons. The van der Waals surface area contributed by atoms with E-state index in [1.54, 1.807) is 0 Å². The van der Waals surface area contributed by atoms with Crippen molar-refractivity contribution in [1.82, 2.24) is 5.32 Å². The smallest absolute Gasteiger partial charge is 0.217 e. The summed E-state index contributed by atoms with van der Waals surface area (Å²) in [5.41, 5.74) is 3.24. The first kappa shape index (κ1) is 12.8. The van der Waals surface area contributed by atoms with Crippen molar-refractivity contribution in [2.24, 2.45) is 0 Å². The molecule has 0 aliphatic carbocycles. The van der Waals surface area contributed by atoms with E-state index >= 15 is 0 Å². The molecular weight excluding hydrogens is 222 g/mol. The van der Waals surface area contributed by atoms with E-state index < -0.39 is 0 Å². The minimum absolute atomic E-state index is 0.0203. The number of nitrogens with one attached hydrogen (secondary N) is 1. The zero-order valence-electron chi connectivity index (χ0n) is 9.80. The van der Waals surface area contributed by atoms with Crippen LogP contribution in [-0.4, -0.2) is 12.5 Å². The fourth-order valence-electron chi connectivity index (χ4n) is 1.47. The highest BCUT2D eigenvalue weighted by Gasteiger charge is 2.00. The van der Waals surface area contributed by atoms with Crippen LogP contribution >= 0.6 is 11.6 Å². The number of hydrogen-bond acceptors (Lipinski definition) is 1. The summed E-state index contributed by atoms with van der Waals surface area (Å²) in [7, 11) is 0. The van der Waals surface area contributed by atoms with Gasteiger partial charge in [-0.1, -0.05) is 35.9 Å². The van der Waals surface area contributed by atoms with Gasteiger partial charge in [0.25, 0.3) is 0 Å². The highest BCUT2D eigenvalue weighted by molar-refractivity contribution is 6.32. The SMILES string of the molecule is CC(=O)NCC=Cc1cc(C)c(Cl)c(C)c1. The van der Waals surface area contributed by atoms with E-state index in [0.717, 1.165) is 21.7 Å². The monoisotopic (exact) mass is 237 g/mol. The predicted molar refractivity (Wildman–Crippen MR) is 68.6 cm³/mol. The fourth-order valence-corrected chi connectivity index (χ4v) is 1.58. The Morgan fingerprint density at radius 3 is 2.44 bits per heavy atom. The van der Waals surface area contributed by atoms with Crippen LogP contribution < -0.4 is 5.32 Å². The van der Waals surface area contributed by atoms with Gasteiger partial charge in [-0.05, 0) is 30.5 Å². The fraction of sp³-hybridized carbons (Fsp3) is 0.308. The van der Waals surface area contributed by atoms with Crippen molar-refractivity contribution in [3.05, 3.63) is 39.9 Å². The van der Waals surface area contributed by atoms with Gasteiger partial charge in [-0.25, -0.2) is 0 Å². The Kier molecular flexibility index (Phi) is 4.56. The highest BCUT2D eigenvalue weighted by atomic mass is 35.5. The van der Waals surface area contributed by atoms with Crippen LogP contribution in [0.2, 0.25) is 5.02 Å². The van der Waals surface area contributed by atoms with Gasteiger partial charge in [-0.2, -0.15) is 0 Å². The maximum absolute atomic E-state index is 10.6. The van der Waals surface area contributed by atoms with Crippen LogP contribution in [0.5, 0.6) is 0 Å². The van der Waals surface area contributed by atoms with Gasteiger partial charge in [0, 0.05) is 18.5 Å². The molecule has 0 spiro atoms. The summed E-state index contributed by atoms with van der Waals surface area (Å²) < 4.78 is 0. The first-order valence-electron chi connectivity index (χ1n) is 5.18. The molecule has 0 bridgehead atoms. The second-order valence-corrected chi connectivity index (χ2v) is 4.19. The zero-order valence-corrected chi connectivity index (χ0v) is 10.6. The van der Waals surface area contributed by atoms with E-state index in [2.05, 4.69) is 5.32 Å². The maximum atomic E-state index is 10.6. The average Bonchev–Trinajstić information content (AvgIpc) is 2.20. The van der Waals surface area contributed by atoms with Crippen molar-refractivity contribution >= 4 is 23.6 Å². The summed E-state index contributed by atoms with van der Waals surface area (Å²) in [5, 5.41) is 3.52. The number of rotatable bonds is 3. The number of hydrogen-bond donors (Lipinski definition) is 1. The maximum Gasteiger partial charge on any atom is 0.217 e. The Morgan fingerprint density at radius 2 is 1.94 bits per heavy atom. The quantitative estimate of drug-likeness (QED) is 0.860. The molecule has 0 saturated heterocycles. The van der Waals surface area contributed by atoms with Gasteiger partial charge < -0.3 is 5.32 Å². The number of carbonyl (C=O) groups excluding carboxylic acids is 1. The Bertz CT molecular complexity index is 401. The van der Waals surface area contributed by atoms with E-state index in [-0.39, 0.29) is 5.91 Å². The second kappa shape index (κ2) is 5.71. The van der Waals surface area contributed by atoms with Crippen molar-refractivity contribution in [2.45, 2.75) is 20.8 Å². The number of halogens is 1. The molecule has 0 saturated carbocycles. The molecule has 1 aromatic rings. The number of amides is 1. The van der Waals surface area contributed by atoms with Crippen molar-refractivity contribution in [1.29, 1.82) is 0 Å². The molecule has 1 rings (SSSR count). The Morgan fingerprint density at radius 1 is 1.38 bits per heavy atom. The van der Waals surface area contributed by atoms with Crippen LogP contribution in [-0.2, 0) is 4.79 Å². The molecule has 86 valence electrons. The molecule has 1 aromatic carbocycles. The van der Waals surface area contributed by atoms with Crippen molar-refractivity contribution in [3.63, 3.8) is 0 Å². The lowest BCUT2D eigenvalue weighted by molar-refractivity contribution is -0.118. The molecule has 1 N–H and O–H groups in total. The zero-order chi connectivity index (χ0) is 12.1. The molecule has 0 unspecified atom stereocenters. The summed E-state index contributed by atoms with van der Waals surface area (Å²) >= 11 is 6.07. The highest BCUT2D eigenvalue weighted by Crippen LogP contribution is 2.22. The van der Waals surface area contributed by atoms with Crippen LogP contribution in [0.4, 0.5) is 0 Å². The van der Waals surface area contributed by atoms with E-state index in [0.29, 0.717) is 6.54 Å². The summed E-state index contributed by atoms with van der Waals surface area (Å²) in [6.07, 6.45) is 3.90. The third-order valence-electron chi connectivity index (χ3n) is 2.24. The Hall–Kier alpha value is -1.28. The lowest BCUT2D eigenvalue weighted by Crippen LogP contribution is -2.19. The third-order valence-corrected chi connectivity index (χ3v) is 2.83. The molecule has 0 aliphatic heterocycles. The van der Waals surface area contributed by atoms with Crippen LogP contribution in [0, 0.1) is 13.8 Å². The minimum Gasteiger partial charge on any atom is -0.353 e. The molecule has 0 aromatic heterocycles. The van der Waals surface area contributed by atoms with Gasteiger partial charge >= 0.3 is 0 Å². The van der Waals surface area contributed by atoms with Gasteiger partial charge in [-0.15, -0.1) is 0 Å². The van der Waals surface area contributed by atoms with E-state index in [4.69, 9.17) is 11.6 Å². The van der Waals surface area contributed by atoms with Gasteiger partial charge in [0.15, 0.2) is 0 Å². The third kappa shape index (κ3) is 3.70. The Balaban J connectivity index is 2.71. The summed E-state index contributed by atoms with van der Waals surface area (Å²) in [6, 6.07) is 4.05. The molecule has 16 heavy (non-hydrogen) atoms. The number of aryl methyl sites for hydroxylation is 2. The van der Waals surface area contributed by atoms with Gasteiger partial charge in [0.2, 0.25) is 5.91 Å². The standard InChI is InChI=1S/C13H16ClNO/c1-9-7-12(8-10(2)13(9)14)5-4-6-15-11(3)16/h4-5,7-8H,6H2,1-3H3,(H,15,16). The van der Waals surface area contributed by atoms with Gasteiger partial charge in [0.05, 0.1) is 0 Å². The first-order valence-corrected chi connectivity index (χ1v) is 5.56. The molecule has 0 aliphatic rings. The van der Waals surface area contributed by atoms with Gasteiger partial charge in [0.1, 0.15) is 0 Å². The van der Waals surface area contributed by atoms with Crippen molar-refractivity contribution in [2.75, 3.05) is 6.54 Å². The van der Waals surface area contributed by atoms with Crippen LogP contribution in [0.15, 0.2) is 18.2 Å². The topological polar surface area (TPSA) is 29.1 Å². The van der Waals surface area contributed by atoms with Crippen molar-refractivity contribution < 1.29 is 4.79 Å². The van der Waals surface area contributed by atoms with E-state index in [1.807, 2.05) is 38.1 Å². The van der Waals surface area contributed by atoms with Crippen LogP contribution in [0.3, 0.4) is 0 Å². The predicted octanol–water partition coefficient (Wildman–Crippen LogP) is 3.11. The largest absolute Gasteiger partial charge is 0.353 e. The van der Waals surface area contributed by atoms with E-state index in [9.17, 15) is 4.79 Å². The summed E-state index contributed by atoms with van der Waals surface area (Å²) in [5.74, 6) is -0.0203. The van der Waals surface area contributed by atoms with Crippen LogP contribution in [0.25, 0.3) is 6.08 Å². The normalized spacial score (nSPS) is 10.8. The molecular formula is C13H16ClNO. The van der Waals surface area contributed by atoms with Crippen LogP contribution in [0.1, 0.15) is 23.6 Å². The first-order chi connectivity index (χ1) is 7.50. The Labute approximate surface area is 101 Å². The molecule has 2 nitrogen and oxygen atoms in total. The minimum atomic E-state index is -0.0203. The van der Waals surface area contributed by atoms with Crippen molar-refractivity contribution in [3.8, 4) is 0 Å². The molecule has 0 atom stereocenters. The summed E-state index contributed by atoms with van der Waals surface area (Å²) in [4.78, 5) is 10.6. The number of benzene rings is 1. The molecule has 3 heteroatoms. The lowest BCUT2D eigenvalue weighted by Gasteiger charge is -2.04. The second-order valence-electron chi connectivity index (χ2n) is 3.81. The molecule has 0 heterocycles. The average molecular weight is 238 g/mol.